The van der Waals surface area contributed by atoms with Crippen LogP contribution < -0.4 is 0 Å². The van der Waals surface area contributed by atoms with Crippen molar-refractivity contribution in [2.75, 3.05) is 0 Å². The van der Waals surface area contributed by atoms with Crippen LogP contribution in [0.2, 0.25) is 0 Å². The predicted octanol–water partition coefficient (Wildman–Crippen LogP) is 2.24. The summed E-state index contributed by atoms with van der Waals surface area (Å²) in [5, 5.41) is 0. The molecular weight excluding hydrogens is 218 g/mol. The summed E-state index contributed by atoms with van der Waals surface area (Å²) in [4.78, 5) is 3.78. The molecule has 6 heteroatoms. The van der Waals surface area contributed by atoms with Crippen molar-refractivity contribution in [3.8, 4) is 0 Å². The molecule has 0 saturated carbocycles. The topological polar surface area (TPSA) is 87.5 Å². The van der Waals surface area contributed by atoms with Crippen molar-refractivity contribution in [3.63, 3.8) is 0 Å². The minimum atomic E-state index is -4.67. The van der Waals surface area contributed by atoms with Gasteiger partial charge in [-0.1, -0.05) is 32.8 Å². The van der Waals surface area contributed by atoms with E-state index in [1.807, 2.05) is 18.2 Å². The van der Waals surface area contributed by atoms with Gasteiger partial charge in [-0.3, -0.25) is 14.1 Å². The van der Waals surface area contributed by atoms with Gasteiger partial charge in [0, 0.05) is 12.4 Å². The first-order chi connectivity index (χ1) is 6.91. The minimum absolute atomic E-state index is 1.32. The fourth-order valence-electron chi connectivity index (χ4n) is 0.313. The van der Waals surface area contributed by atoms with Crippen molar-refractivity contribution in [3.05, 3.63) is 30.6 Å². The van der Waals surface area contributed by atoms with Crippen molar-refractivity contribution in [2.45, 2.75) is 26.7 Å². The standard InChI is InChI=1S/C5H5N.C4H10.H2O4S/c1-2-4-6-5-3-1;1-3-4-2;1-5(2,3)4/h1-5H;3-4H2,1-2H3;(H2,1,2,3,4). The summed E-state index contributed by atoms with van der Waals surface area (Å²) in [5.41, 5.74) is 0. The van der Waals surface area contributed by atoms with E-state index in [1.165, 1.54) is 12.8 Å². The van der Waals surface area contributed by atoms with Gasteiger partial charge in [-0.2, -0.15) is 8.42 Å². The maximum Gasteiger partial charge on any atom is 0.394 e. The molecule has 1 heterocycles. The second-order valence-corrected chi connectivity index (χ2v) is 3.37. The van der Waals surface area contributed by atoms with Gasteiger partial charge >= 0.3 is 10.4 Å². The molecule has 0 amide bonds. The van der Waals surface area contributed by atoms with E-state index in [2.05, 4.69) is 18.8 Å². The van der Waals surface area contributed by atoms with Crippen LogP contribution in [0, 0.1) is 0 Å². The molecular formula is C9H17NO4S. The molecule has 1 rings (SSSR count). The summed E-state index contributed by atoms with van der Waals surface area (Å²) >= 11 is 0. The van der Waals surface area contributed by atoms with E-state index in [0.717, 1.165) is 0 Å². The first kappa shape index (κ1) is 16.4. The van der Waals surface area contributed by atoms with Crippen molar-refractivity contribution < 1.29 is 17.5 Å². The Kier molecular flexibility index (Phi) is 12.2. The molecule has 0 spiro atoms. The fraction of sp³-hybridized carbons (Fsp3) is 0.444. The Labute approximate surface area is 90.8 Å². The molecule has 1 aromatic heterocycles. The molecule has 1 aromatic rings. The van der Waals surface area contributed by atoms with E-state index in [4.69, 9.17) is 17.5 Å². The van der Waals surface area contributed by atoms with Crippen LogP contribution in [0.3, 0.4) is 0 Å². The lowest BCUT2D eigenvalue weighted by Crippen LogP contribution is -1.89. The van der Waals surface area contributed by atoms with E-state index in [-0.39, 0.29) is 0 Å². The number of unbranched alkanes of at least 4 members (excludes halogenated alkanes) is 1. The maximum atomic E-state index is 8.74. The first-order valence-corrected chi connectivity index (χ1v) is 5.86. The third-order valence-electron chi connectivity index (χ3n) is 1.07. The highest BCUT2D eigenvalue weighted by molar-refractivity contribution is 7.79. The third kappa shape index (κ3) is 43.6. The SMILES string of the molecule is CCCC.O=S(=O)(O)O.c1ccncc1. The monoisotopic (exact) mass is 235 g/mol. The predicted molar refractivity (Wildman–Crippen MR) is 59.0 cm³/mol. The summed E-state index contributed by atoms with van der Waals surface area (Å²) in [7, 11) is -4.67. The fourth-order valence-corrected chi connectivity index (χ4v) is 0.313. The number of rotatable bonds is 1. The lowest BCUT2D eigenvalue weighted by atomic mass is 10.4. The third-order valence-corrected chi connectivity index (χ3v) is 1.07. The smallest absolute Gasteiger partial charge is 0.265 e. The van der Waals surface area contributed by atoms with Gasteiger partial charge in [0.25, 0.3) is 0 Å². The number of hydrogen-bond acceptors (Lipinski definition) is 3. The number of pyridine rings is 1. The maximum absolute atomic E-state index is 8.74. The van der Waals surface area contributed by atoms with E-state index in [1.54, 1.807) is 12.4 Å². The Hall–Kier alpha value is -0.980. The van der Waals surface area contributed by atoms with Crippen LogP contribution in [-0.2, 0) is 10.4 Å². The van der Waals surface area contributed by atoms with Crippen molar-refractivity contribution in [1.29, 1.82) is 0 Å². The van der Waals surface area contributed by atoms with Crippen LogP contribution in [0.25, 0.3) is 0 Å². The normalized spacial score (nSPS) is 9.07. The van der Waals surface area contributed by atoms with Gasteiger partial charge in [0.2, 0.25) is 0 Å². The molecule has 5 nitrogen and oxygen atoms in total. The van der Waals surface area contributed by atoms with Crippen molar-refractivity contribution >= 4 is 10.4 Å². The van der Waals surface area contributed by atoms with Gasteiger partial charge in [0.05, 0.1) is 0 Å². The van der Waals surface area contributed by atoms with Gasteiger partial charge in [-0.05, 0) is 12.1 Å². The Morgan fingerprint density at radius 1 is 1.00 bits per heavy atom. The highest BCUT2D eigenvalue weighted by atomic mass is 32.3. The van der Waals surface area contributed by atoms with Crippen molar-refractivity contribution in [2.24, 2.45) is 0 Å². The average molecular weight is 235 g/mol. The zero-order valence-corrected chi connectivity index (χ0v) is 9.68. The Morgan fingerprint density at radius 3 is 1.40 bits per heavy atom. The van der Waals surface area contributed by atoms with E-state index >= 15 is 0 Å². The van der Waals surface area contributed by atoms with E-state index < -0.39 is 10.4 Å². The molecule has 0 aliphatic carbocycles. The molecule has 15 heavy (non-hydrogen) atoms. The zero-order chi connectivity index (χ0) is 12.2. The molecule has 0 aromatic carbocycles. The number of nitrogens with zero attached hydrogens (tertiary/aromatic N) is 1. The average Bonchev–Trinajstić information content (AvgIpc) is 2.18. The van der Waals surface area contributed by atoms with Gasteiger partial charge in [0.1, 0.15) is 0 Å². The van der Waals surface area contributed by atoms with Crippen LogP contribution in [0.1, 0.15) is 26.7 Å². The molecule has 0 saturated heterocycles. The van der Waals surface area contributed by atoms with Gasteiger partial charge in [-0.25, -0.2) is 0 Å². The first-order valence-electron chi connectivity index (χ1n) is 4.46. The second kappa shape index (κ2) is 11.1. The van der Waals surface area contributed by atoms with Crippen LogP contribution in [0.4, 0.5) is 0 Å². The lowest BCUT2D eigenvalue weighted by Gasteiger charge is -1.70. The number of aromatic nitrogens is 1. The highest BCUT2D eigenvalue weighted by Gasteiger charge is 1.84. The van der Waals surface area contributed by atoms with Gasteiger partial charge in [-0.15, -0.1) is 0 Å². The summed E-state index contributed by atoms with van der Waals surface area (Å²) < 4.78 is 31.6. The molecule has 0 aliphatic rings. The van der Waals surface area contributed by atoms with Gasteiger partial charge in [0.15, 0.2) is 0 Å². The van der Waals surface area contributed by atoms with Crippen molar-refractivity contribution in [1.82, 2.24) is 4.98 Å². The summed E-state index contributed by atoms with van der Waals surface area (Å²) in [6, 6.07) is 5.72. The summed E-state index contributed by atoms with van der Waals surface area (Å²) in [5.74, 6) is 0. The van der Waals surface area contributed by atoms with E-state index in [9.17, 15) is 0 Å². The minimum Gasteiger partial charge on any atom is -0.265 e. The molecule has 2 N–H and O–H groups in total. The zero-order valence-electron chi connectivity index (χ0n) is 8.87. The van der Waals surface area contributed by atoms with Crippen LogP contribution in [-0.4, -0.2) is 22.5 Å². The Balaban J connectivity index is 0. The second-order valence-electron chi connectivity index (χ2n) is 2.47. The lowest BCUT2D eigenvalue weighted by molar-refractivity contribution is 0.381. The summed E-state index contributed by atoms with van der Waals surface area (Å²) in [6.07, 6.45) is 6.14. The molecule has 0 unspecified atom stereocenters. The van der Waals surface area contributed by atoms with Gasteiger partial charge < -0.3 is 0 Å². The highest BCUT2D eigenvalue weighted by Crippen LogP contribution is 1.76. The van der Waals surface area contributed by atoms with Crippen LogP contribution in [0.15, 0.2) is 30.6 Å². The molecule has 0 fully saturated rings. The van der Waals surface area contributed by atoms with Crippen LogP contribution >= 0.6 is 0 Å². The Bertz CT molecular complexity index is 262. The molecule has 0 bridgehead atoms. The quantitative estimate of drug-likeness (QED) is 0.729. The largest absolute Gasteiger partial charge is 0.394 e. The van der Waals surface area contributed by atoms with E-state index in [0.29, 0.717) is 0 Å². The summed E-state index contributed by atoms with van der Waals surface area (Å²) in [6.45, 7) is 4.36. The molecule has 0 radical (unpaired) electrons. The molecule has 88 valence electrons. The van der Waals surface area contributed by atoms with Crippen LogP contribution in [0.5, 0.6) is 0 Å². The molecule has 0 atom stereocenters. The number of hydrogen-bond donors (Lipinski definition) is 2. The molecule has 0 aliphatic heterocycles. The Morgan fingerprint density at radius 2 is 1.33 bits per heavy atom.